The Morgan fingerprint density at radius 3 is 2.90 bits per heavy atom. The zero-order valence-corrected chi connectivity index (χ0v) is 13.4. The summed E-state index contributed by atoms with van der Waals surface area (Å²) >= 11 is 5.89. The smallest absolute Gasteiger partial charge is 0.245 e. The van der Waals surface area contributed by atoms with Crippen LogP contribution in [-0.4, -0.2) is 44.1 Å². The Morgan fingerprint density at radius 2 is 2.24 bits per heavy atom. The number of aromatic hydroxyl groups is 1. The number of nitrogens with one attached hydrogen (secondary N) is 1. The summed E-state index contributed by atoms with van der Waals surface area (Å²) in [6.07, 6.45) is 2.01. The number of hydrogen-bond donors (Lipinski definition) is 3. The van der Waals surface area contributed by atoms with Crippen LogP contribution in [0.15, 0.2) is 17.0 Å². The molecule has 0 amide bonds. The summed E-state index contributed by atoms with van der Waals surface area (Å²) in [7, 11) is -3.90. The van der Waals surface area contributed by atoms with Crippen LogP contribution in [-0.2, 0) is 10.0 Å². The van der Waals surface area contributed by atoms with Gasteiger partial charge in [-0.3, -0.25) is 4.90 Å². The Bertz CT molecular complexity index is 621. The number of halogens is 1. The minimum Gasteiger partial charge on any atom is -0.504 e. The molecule has 8 heteroatoms. The topological polar surface area (TPSA) is 95.7 Å². The minimum atomic E-state index is -3.90. The number of anilines is 1. The second-order valence-corrected chi connectivity index (χ2v) is 7.20. The average molecular weight is 334 g/mol. The number of sulfonamides is 1. The number of nitrogens with zero attached hydrogens (tertiary/aromatic N) is 1. The Morgan fingerprint density at radius 1 is 1.52 bits per heavy atom. The summed E-state index contributed by atoms with van der Waals surface area (Å²) in [5, 5.41) is 9.82. The molecule has 118 valence electrons. The van der Waals surface area contributed by atoms with E-state index in [1.165, 1.54) is 12.1 Å². The summed E-state index contributed by atoms with van der Waals surface area (Å²) in [4.78, 5) is 1.87. The Balaban J connectivity index is 2.18. The Kier molecular flexibility index (Phi) is 4.98. The molecule has 0 spiro atoms. The first-order valence-electron chi connectivity index (χ1n) is 6.87. The molecule has 0 aliphatic carbocycles. The standard InChI is InChI=1S/C13H20ClN3O3S/c1-2-17-7-3-4-9(17)8-16-21(19,20)13-10(14)5-6-11(15)12(13)18/h5-6,9,16,18H,2-4,7-8,15H2,1H3. The van der Waals surface area contributed by atoms with Crippen LogP contribution in [0.3, 0.4) is 0 Å². The number of hydrogen-bond acceptors (Lipinski definition) is 5. The summed E-state index contributed by atoms with van der Waals surface area (Å²) < 4.78 is 27.2. The maximum atomic E-state index is 12.3. The molecule has 21 heavy (non-hydrogen) atoms. The van der Waals surface area contributed by atoms with Crippen molar-refractivity contribution in [2.45, 2.75) is 30.7 Å². The fourth-order valence-corrected chi connectivity index (χ4v) is 4.35. The molecule has 1 fully saturated rings. The van der Waals surface area contributed by atoms with Gasteiger partial charge in [-0.25, -0.2) is 13.1 Å². The molecule has 1 atom stereocenters. The number of phenolic OH excluding ortho intramolecular Hbond substituents is 1. The van der Waals surface area contributed by atoms with Gasteiger partial charge in [0.25, 0.3) is 0 Å². The molecular formula is C13H20ClN3O3S. The van der Waals surface area contributed by atoms with E-state index in [0.29, 0.717) is 6.54 Å². The van der Waals surface area contributed by atoms with E-state index < -0.39 is 15.8 Å². The van der Waals surface area contributed by atoms with Crippen LogP contribution in [0.4, 0.5) is 5.69 Å². The molecule has 0 aromatic heterocycles. The second-order valence-electron chi connectivity index (χ2n) is 5.09. The van der Waals surface area contributed by atoms with Crippen molar-refractivity contribution in [1.82, 2.24) is 9.62 Å². The molecule has 0 saturated carbocycles. The van der Waals surface area contributed by atoms with Gasteiger partial charge in [0.05, 0.1) is 10.7 Å². The van der Waals surface area contributed by atoms with Crippen molar-refractivity contribution in [3.8, 4) is 5.75 Å². The van der Waals surface area contributed by atoms with Gasteiger partial charge in [-0.2, -0.15) is 0 Å². The molecule has 0 bridgehead atoms. The third-order valence-electron chi connectivity index (χ3n) is 3.80. The lowest BCUT2D eigenvalue weighted by Gasteiger charge is -2.23. The molecule has 1 aliphatic rings. The molecule has 1 aliphatic heterocycles. The molecule has 1 aromatic carbocycles. The van der Waals surface area contributed by atoms with Gasteiger partial charge in [0.2, 0.25) is 10.0 Å². The number of likely N-dealkylation sites (tertiary alicyclic amines) is 1. The van der Waals surface area contributed by atoms with Gasteiger partial charge in [-0.05, 0) is 38.1 Å². The van der Waals surface area contributed by atoms with E-state index in [0.717, 1.165) is 25.9 Å². The number of rotatable bonds is 5. The molecule has 1 heterocycles. The monoisotopic (exact) mass is 333 g/mol. The predicted octanol–water partition coefficient (Wildman–Crippen LogP) is 1.39. The fourth-order valence-electron chi connectivity index (χ4n) is 2.64. The third kappa shape index (κ3) is 3.42. The summed E-state index contributed by atoms with van der Waals surface area (Å²) in [6.45, 7) is 4.21. The van der Waals surface area contributed by atoms with Crippen molar-refractivity contribution in [3.63, 3.8) is 0 Å². The highest BCUT2D eigenvalue weighted by Crippen LogP contribution is 2.35. The van der Waals surface area contributed by atoms with Crippen molar-refractivity contribution < 1.29 is 13.5 Å². The van der Waals surface area contributed by atoms with E-state index in [1.54, 1.807) is 0 Å². The third-order valence-corrected chi connectivity index (χ3v) is 5.72. The first kappa shape index (κ1) is 16.4. The van der Waals surface area contributed by atoms with E-state index in [1.807, 2.05) is 6.92 Å². The lowest BCUT2D eigenvalue weighted by molar-refractivity contribution is 0.268. The summed E-state index contributed by atoms with van der Waals surface area (Å²) in [5.41, 5.74) is 5.52. The molecule has 6 nitrogen and oxygen atoms in total. The molecular weight excluding hydrogens is 314 g/mol. The second kappa shape index (κ2) is 6.39. The Labute approximate surface area is 129 Å². The highest BCUT2D eigenvalue weighted by molar-refractivity contribution is 7.89. The van der Waals surface area contributed by atoms with Crippen LogP contribution in [0.1, 0.15) is 19.8 Å². The minimum absolute atomic E-state index is 0.0178. The van der Waals surface area contributed by atoms with Crippen LogP contribution >= 0.6 is 11.6 Å². The van der Waals surface area contributed by atoms with Crippen molar-refractivity contribution in [3.05, 3.63) is 17.2 Å². The molecule has 4 N–H and O–H groups in total. The van der Waals surface area contributed by atoms with Gasteiger partial charge >= 0.3 is 0 Å². The van der Waals surface area contributed by atoms with E-state index in [2.05, 4.69) is 9.62 Å². The maximum Gasteiger partial charge on any atom is 0.245 e. The van der Waals surface area contributed by atoms with Gasteiger partial charge in [0.15, 0.2) is 5.75 Å². The first-order valence-corrected chi connectivity index (χ1v) is 8.73. The SMILES string of the molecule is CCN1CCCC1CNS(=O)(=O)c1c(Cl)ccc(N)c1O. The number of phenols is 1. The Hall–Kier alpha value is -1.02. The van der Waals surface area contributed by atoms with Crippen LogP contribution in [0.2, 0.25) is 5.02 Å². The quantitative estimate of drug-likeness (QED) is 0.559. The van der Waals surface area contributed by atoms with E-state index in [9.17, 15) is 13.5 Å². The summed E-state index contributed by atoms with van der Waals surface area (Å²) in [6, 6.07) is 2.90. The maximum absolute atomic E-state index is 12.3. The van der Waals surface area contributed by atoms with Crippen molar-refractivity contribution in [2.24, 2.45) is 0 Å². The number of benzene rings is 1. The predicted molar refractivity (Wildman–Crippen MR) is 83.0 cm³/mol. The van der Waals surface area contributed by atoms with Crippen LogP contribution in [0, 0.1) is 0 Å². The van der Waals surface area contributed by atoms with Crippen molar-refractivity contribution in [1.29, 1.82) is 0 Å². The van der Waals surface area contributed by atoms with Crippen molar-refractivity contribution in [2.75, 3.05) is 25.4 Å². The van der Waals surface area contributed by atoms with E-state index in [4.69, 9.17) is 17.3 Å². The van der Waals surface area contributed by atoms with Gasteiger partial charge in [-0.1, -0.05) is 18.5 Å². The lowest BCUT2D eigenvalue weighted by atomic mass is 10.2. The summed E-state index contributed by atoms with van der Waals surface area (Å²) in [5.74, 6) is -0.506. The molecule has 1 aromatic rings. The zero-order valence-electron chi connectivity index (χ0n) is 11.8. The fraction of sp³-hybridized carbons (Fsp3) is 0.538. The van der Waals surface area contributed by atoms with E-state index >= 15 is 0 Å². The van der Waals surface area contributed by atoms with Crippen LogP contribution in [0.5, 0.6) is 5.75 Å². The largest absolute Gasteiger partial charge is 0.504 e. The highest BCUT2D eigenvalue weighted by Gasteiger charge is 2.28. The number of nitrogen functional groups attached to an aromatic ring is 1. The van der Waals surface area contributed by atoms with Gasteiger partial charge in [-0.15, -0.1) is 0 Å². The molecule has 1 saturated heterocycles. The van der Waals surface area contributed by atoms with Crippen LogP contribution < -0.4 is 10.5 Å². The number of likely N-dealkylation sites (N-methyl/N-ethyl adjacent to an activating group) is 1. The first-order chi connectivity index (χ1) is 9.86. The van der Waals surface area contributed by atoms with Crippen LogP contribution in [0.25, 0.3) is 0 Å². The molecule has 2 rings (SSSR count). The average Bonchev–Trinajstić information content (AvgIpc) is 2.88. The lowest BCUT2D eigenvalue weighted by Crippen LogP contribution is -2.40. The highest BCUT2D eigenvalue weighted by atomic mass is 35.5. The van der Waals surface area contributed by atoms with Gasteiger partial charge in [0, 0.05) is 12.6 Å². The number of nitrogens with two attached hydrogens (primary N) is 1. The molecule has 0 radical (unpaired) electrons. The van der Waals surface area contributed by atoms with Crippen molar-refractivity contribution >= 4 is 27.3 Å². The zero-order chi connectivity index (χ0) is 15.6. The molecule has 1 unspecified atom stereocenters. The van der Waals surface area contributed by atoms with Gasteiger partial charge < -0.3 is 10.8 Å². The van der Waals surface area contributed by atoms with Gasteiger partial charge in [0.1, 0.15) is 4.90 Å². The normalized spacial score (nSPS) is 20.0. The van der Waals surface area contributed by atoms with E-state index in [-0.39, 0.29) is 21.6 Å².